The summed E-state index contributed by atoms with van der Waals surface area (Å²) in [6.07, 6.45) is 1.59. The van der Waals surface area contributed by atoms with Crippen LogP contribution in [0.4, 0.5) is 5.69 Å². The monoisotopic (exact) mass is 424 g/mol. The number of hydrogen-bond donors (Lipinski definition) is 1. The number of rotatable bonds is 5. The van der Waals surface area contributed by atoms with Crippen molar-refractivity contribution in [3.63, 3.8) is 0 Å². The Labute approximate surface area is 152 Å². The quantitative estimate of drug-likeness (QED) is 0.677. The van der Waals surface area contributed by atoms with Gasteiger partial charge in [0.05, 0.1) is 5.69 Å². The highest BCUT2D eigenvalue weighted by atomic mass is 79.9. The fraction of sp³-hybridized carbons (Fsp3) is 0.0667. The molecule has 0 amide bonds. The second-order valence-corrected chi connectivity index (χ2v) is 8.37. The lowest BCUT2D eigenvalue weighted by atomic mass is 10.3. The minimum absolute atomic E-state index is 0.184. The van der Waals surface area contributed by atoms with Crippen LogP contribution >= 0.6 is 27.7 Å². The van der Waals surface area contributed by atoms with Crippen molar-refractivity contribution in [1.29, 1.82) is 0 Å². The van der Waals surface area contributed by atoms with E-state index in [-0.39, 0.29) is 4.90 Å². The zero-order chi connectivity index (χ0) is 17.2. The van der Waals surface area contributed by atoms with Crippen molar-refractivity contribution in [1.82, 2.24) is 14.8 Å². The summed E-state index contributed by atoms with van der Waals surface area (Å²) in [6, 6.07) is 13.8. The first-order chi connectivity index (χ1) is 11.5. The van der Waals surface area contributed by atoms with Gasteiger partial charge in [0.15, 0.2) is 5.16 Å². The van der Waals surface area contributed by atoms with Crippen LogP contribution in [0.5, 0.6) is 0 Å². The summed E-state index contributed by atoms with van der Waals surface area (Å²) in [7, 11) is -1.88. The number of hydrogen-bond acceptors (Lipinski definition) is 5. The Balaban J connectivity index is 1.94. The highest BCUT2D eigenvalue weighted by Crippen LogP contribution is 2.33. The summed E-state index contributed by atoms with van der Waals surface area (Å²) >= 11 is 4.61. The van der Waals surface area contributed by atoms with Crippen LogP contribution < -0.4 is 4.72 Å². The lowest BCUT2D eigenvalue weighted by Crippen LogP contribution is -2.14. The number of nitrogens with zero attached hydrogens (tertiary/aromatic N) is 3. The van der Waals surface area contributed by atoms with Crippen molar-refractivity contribution in [2.75, 3.05) is 4.72 Å². The number of benzene rings is 2. The molecule has 3 aromatic rings. The van der Waals surface area contributed by atoms with Gasteiger partial charge in [0, 0.05) is 16.4 Å². The lowest BCUT2D eigenvalue weighted by Gasteiger charge is -2.12. The fourth-order valence-corrected chi connectivity index (χ4v) is 4.97. The number of aryl methyl sites for hydroxylation is 1. The van der Waals surface area contributed by atoms with E-state index in [2.05, 4.69) is 30.8 Å². The van der Waals surface area contributed by atoms with Gasteiger partial charge in [-0.3, -0.25) is 4.72 Å². The van der Waals surface area contributed by atoms with Crippen LogP contribution in [0.25, 0.3) is 0 Å². The molecule has 6 nitrogen and oxygen atoms in total. The van der Waals surface area contributed by atoms with E-state index < -0.39 is 10.0 Å². The van der Waals surface area contributed by atoms with Gasteiger partial charge in [0.25, 0.3) is 10.0 Å². The van der Waals surface area contributed by atoms with E-state index in [1.54, 1.807) is 47.3 Å². The molecule has 9 heteroatoms. The van der Waals surface area contributed by atoms with Gasteiger partial charge in [0.1, 0.15) is 11.2 Å². The maximum atomic E-state index is 12.7. The number of halogens is 1. The molecule has 3 rings (SSSR count). The average Bonchev–Trinajstić information content (AvgIpc) is 2.94. The van der Waals surface area contributed by atoms with Crippen LogP contribution in [0, 0.1) is 0 Å². The van der Waals surface area contributed by atoms with Gasteiger partial charge >= 0.3 is 0 Å². The lowest BCUT2D eigenvalue weighted by molar-refractivity contribution is 0.600. The van der Waals surface area contributed by atoms with Crippen molar-refractivity contribution >= 4 is 43.4 Å². The van der Waals surface area contributed by atoms with Crippen LogP contribution in [0.15, 0.2) is 74.3 Å². The molecule has 1 N–H and O–H groups in total. The molecule has 2 aromatic carbocycles. The third-order valence-corrected chi connectivity index (χ3v) is 6.63. The summed E-state index contributed by atoms with van der Waals surface area (Å²) in [5.41, 5.74) is 0.487. The summed E-state index contributed by atoms with van der Waals surface area (Å²) in [4.78, 5) is 0.924. The standard InChI is InChI=1S/C15H13BrN4O2S2/c1-20-10-17-18-15(20)23-13-8-4-3-7-12(13)19-24(21,22)14-9-5-2-6-11(14)16/h2-10,19H,1H3. The summed E-state index contributed by atoms with van der Waals surface area (Å²) in [5, 5.41) is 8.51. The molecule has 0 saturated heterocycles. The summed E-state index contributed by atoms with van der Waals surface area (Å²) < 4.78 is 30.2. The van der Waals surface area contributed by atoms with Gasteiger partial charge in [-0.25, -0.2) is 8.42 Å². The molecular weight excluding hydrogens is 412 g/mol. The van der Waals surface area contributed by atoms with Crippen LogP contribution in [-0.4, -0.2) is 23.2 Å². The predicted octanol–water partition coefficient (Wildman–Crippen LogP) is 3.53. The molecule has 0 radical (unpaired) electrons. The molecule has 0 aliphatic carbocycles. The Morgan fingerprint density at radius 2 is 1.83 bits per heavy atom. The molecule has 1 heterocycles. The highest BCUT2D eigenvalue weighted by molar-refractivity contribution is 9.10. The molecule has 0 spiro atoms. The van der Waals surface area contributed by atoms with Gasteiger partial charge in [-0.15, -0.1) is 10.2 Å². The second-order valence-electron chi connectivity index (χ2n) is 4.86. The first-order valence-corrected chi connectivity index (χ1v) is 9.95. The van der Waals surface area contributed by atoms with Crippen molar-refractivity contribution < 1.29 is 8.42 Å². The van der Waals surface area contributed by atoms with E-state index in [0.29, 0.717) is 15.3 Å². The van der Waals surface area contributed by atoms with Crippen molar-refractivity contribution in [2.24, 2.45) is 7.05 Å². The van der Waals surface area contributed by atoms with Crippen LogP contribution in [0.2, 0.25) is 0 Å². The summed E-state index contributed by atoms with van der Waals surface area (Å²) in [6.45, 7) is 0. The smallest absolute Gasteiger partial charge is 0.263 e. The first kappa shape index (κ1) is 17.0. The van der Waals surface area contributed by atoms with Gasteiger partial charge < -0.3 is 4.57 Å². The Morgan fingerprint density at radius 3 is 2.54 bits per heavy atom. The number of nitrogens with one attached hydrogen (secondary N) is 1. The third-order valence-electron chi connectivity index (χ3n) is 3.13. The van der Waals surface area contributed by atoms with E-state index in [4.69, 9.17) is 0 Å². The zero-order valence-electron chi connectivity index (χ0n) is 12.5. The van der Waals surface area contributed by atoms with Crippen LogP contribution in [-0.2, 0) is 17.1 Å². The van der Waals surface area contributed by atoms with Gasteiger partial charge in [0.2, 0.25) is 0 Å². The minimum Gasteiger partial charge on any atom is -0.311 e. The Kier molecular flexibility index (Phi) is 4.93. The highest BCUT2D eigenvalue weighted by Gasteiger charge is 2.19. The van der Waals surface area contributed by atoms with Gasteiger partial charge in [-0.2, -0.15) is 0 Å². The topological polar surface area (TPSA) is 76.9 Å². The van der Waals surface area contributed by atoms with Crippen molar-refractivity contribution in [3.8, 4) is 0 Å². The normalized spacial score (nSPS) is 11.4. The molecule has 0 fully saturated rings. The van der Waals surface area contributed by atoms with Crippen molar-refractivity contribution in [2.45, 2.75) is 14.9 Å². The molecular formula is C15H13BrN4O2S2. The van der Waals surface area contributed by atoms with E-state index >= 15 is 0 Å². The van der Waals surface area contributed by atoms with E-state index in [0.717, 1.165) is 4.90 Å². The molecule has 0 saturated carbocycles. The SMILES string of the molecule is Cn1cnnc1Sc1ccccc1NS(=O)(=O)c1ccccc1Br. The number of aromatic nitrogens is 3. The summed E-state index contributed by atoms with van der Waals surface area (Å²) in [5.74, 6) is 0. The van der Waals surface area contributed by atoms with Crippen molar-refractivity contribution in [3.05, 3.63) is 59.3 Å². The molecule has 0 aliphatic heterocycles. The number of sulfonamides is 1. The average molecular weight is 425 g/mol. The zero-order valence-corrected chi connectivity index (χ0v) is 15.8. The molecule has 1 aromatic heterocycles. The molecule has 24 heavy (non-hydrogen) atoms. The maximum Gasteiger partial charge on any atom is 0.263 e. The first-order valence-electron chi connectivity index (χ1n) is 6.85. The van der Waals surface area contributed by atoms with Gasteiger partial charge in [-0.05, 0) is 52.0 Å². The van der Waals surface area contributed by atoms with Gasteiger partial charge in [-0.1, -0.05) is 24.3 Å². The Hall–Kier alpha value is -1.84. The Morgan fingerprint density at radius 1 is 1.12 bits per heavy atom. The second kappa shape index (κ2) is 6.96. The molecule has 0 unspecified atom stereocenters. The number of anilines is 1. The molecule has 124 valence electrons. The molecule has 0 aliphatic rings. The largest absolute Gasteiger partial charge is 0.311 e. The number of para-hydroxylation sites is 1. The fourth-order valence-electron chi connectivity index (χ4n) is 1.97. The third kappa shape index (κ3) is 3.63. The maximum absolute atomic E-state index is 12.7. The van der Waals surface area contributed by atoms with E-state index in [9.17, 15) is 8.42 Å². The Bertz CT molecular complexity index is 973. The van der Waals surface area contributed by atoms with E-state index in [1.807, 2.05) is 19.2 Å². The molecule has 0 bridgehead atoms. The molecule has 0 atom stereocenters. The predicted molar refractivity (Wildman–Crippen MR) is 96.5 cm³/mol. The van der Waals surface area contributed by atoms with Crippen LogP contribution in [0.1, 0.15) is 0 Å². The minimum atomic E-state index is -3.71. The van der Waals surface area contributed by atoms with E-state index in [1.165, 1.54) is 11.8 Å². The van der Waals surface area contributed by atoms with Crippen LogP contribution in [0.3, 0.4) is 0 Å².